The zero-order valence-electron chi connectivity index (χ0n) is 8.43. The number of carboxylic acids is 1. The summed E-state index contributed by atoms with van der Waals surface area (Å²) in [5.74, 6) is -1.81. The molecular weight excluding hydrogens is 252 g/mol. The minimum Gasteiger partial charge on any atom is -0.480 e. The van der Waals surface area contributed by atoms with Gasteiger partial charge >= 0.3 is 5.97 Å². The second-order valence-electron chi connectivity index (χ2n) is 3.14. The van der Waals surface area contributed by atoms with Gasteiger partial charge in [0.05, 0.1) is 5.25 Å². The Morgan fingerprint density at radius 2 is 2.25 bits per heavy atom. The Balaban J connectivity index is 2.44. The van der Waals surface area contributed by atoms with Crippen molar-refractivity contribution in [3.05, 3.63) is 0 Å². The SMILES string of the molecule is CN1C(=O)C(CC(=O)NCC(=O)O)SC1=S. The first-order valence-corrected chi connectivity index (χ1v) is 5.67. The van der Waals surface area contributed by atoms with Gasteiger partial charge in [0, 0.05) is 13.5 Å². The van der Waals surface area contributed by atoms with Crippen molar-refractivity contribution in [3.63, 3.8) is 0 Å². The summed E-state index contributed by atoms with van der Waals surface area (Å²) < 4.78 is 0.432. The van der Waals surface area contributed by atoms with E-state index >= 15 is 0 Å². The van der Waals surface area contributed by atoms with Gasteiger partial charge in [-0.3, -0.25) is 19.3 Å². The molecule has 1 atom stereocenters. The molecule has 0 aliphatic carbocycles. The molecule has 1 rings (SSSR count). The predicted molar refractivity (Wildman–Crippen MR) is 62.0 cm³/mol. The number of hydrogen-bond donors (Lipinski definition) is 2. The first-order chi connectivity index (χ1) is 7.41. The maximum Gasteiger partial charge on any atom is 0.322 e. The van der Waals surface area contributed by atoms with Gasteiger partial charge in [0.15, 0.2) is 0 Å². The van der Waals surface area contributed by atoms with Crippen LogP contribution in [0.5, 0.6) is 0 Å². The Morgan fingerprint density at radius 1 is 1.62 bits per heavy atom. The molecule has 0 aromatic heterocycles. The number of nitrogens with zero attached hydrogens (tertiary/aromatic N) is 1. The zero-order chi connectivity index (χ0) is 12.3. The number of hydrogen-bond acceptors (Lipinski definition) is 5. The minimum absolute atomic E-state index is 0.0543. The van der Waals surface area contributed by atoms with Gasteiger partial charge in [-0.2, -0.15) is 0 Å². The van der Waals surface area contributed by atoms with Crippen LogP contribution in [0.15, 0.2) is 0 Å². The molecule has 0 radical (unpaired) electrons. The van der Waals surface area contributed by atoms with Crippen LogP contribution in [0.3, 0.4) is 0 Å². The molecular formula is C8H10N2O4S2. The van der Waals surface area contributed by atoms with Crippen LogP contribution in [-0.2, 0) is 14.4 Å². The molecule has 8 heteroatoms. The summed E-state index contributed by atoms with van der Waals surface area (Å²) in [7, 11) is 1.55. The van der Waals surface area contributed by atoms with Gasteiger partial charge in [-0.15, -0.1) is 0 Å². The van der Waals surface area contributed by atoms with Crippen LogP contribution in [0.4, 0.5) is 0 Å². The van der Waals surface area contributed by atoms with Crippen LogP contribution in [0.25, 0.3) is 0 Å². The normalized spacial score (nSPS) is 20.1. The number of carbonyl (C=O) groups is 3. The van der Waals surface area contributed by atoms with E-state index in [1.54, 1.807) is 7.05 Å². The van der Waals surface area contributed by atoms with Crippen molar-refractivity contribution in [1.29, 1.82) is 0 Å². The molecule has 88 valence electrons. The molecule has 6 nitrogen and oxygen atoms in total. The van der Waals surface area contributed by atoms with E-state index in [2.05, 4.69) is 5.32 Å². The summed E-state index contributed by atoms with van der Waals surface area (Å²) in [5, 5.41) is 10.0. The van der Waals surface area contributed by atoms with Gasteiger partial charge in [-0.05, 0) is 0 Å². The Kier molecular flexibility index (Phi) is 4.25. The van der Waals surface area contributed by atoms with Gasteiger partial charge in [0.25, 0.3) is 0 Å². The second-order valence-corrected chi connectivity index (χ2v) is 4.98. The maximum absolute atomic E-state index is 11.5. The predicted octanol–water partition coefficient (Wildman–Crippen LogP) is -0.564. The molecule has 0 aromatic carbocycles. The van der Waals surface area contributed by atoms with Crippen LogP contribution < -0.4 is 5.32 Å². The van der Waals surface area contributed by atoms with Crippen molar-refractivity contribution >= 4 is 46.1 Å². The highest BCUT2D eigenvalue weighted by atomic mass is 32.2. The largest absolute Gasteiger partial charge is 0.480 e. The third-order valence-corrected chi connectivity index (χ3v) is 3.62. The lowest BCUT2D eigenvalue weighted by molar-refractivity contribution is -0.138. The fourth-order valence-corrected chi connectivity index (χ4v) is 2.52. The highest BCUT2D eigenvalue weighted by molar-refractivity contribution is 8.24. The fourth-order valence-electron chi connectivity index (χ4n) is 1.10. The maximum atomic E-state index is 11.5. The molecule has 1 fully saturated rings. The molecule has 1 saturated heterocycles. The van der Waals surface area contributed by atoms with Crippen LogP contribution in [-0.4, -0.2) is 51.0 Å². The lowest BCUT2D eigenvalue weighted by Crippen LogP contribution is -2.34. The summed E-state index contributed by atoms with van der Waals surface area (Å²) in [4.78, 5) is 34.3. The molecule has 16 heavy (non-hydrogen) atoms. The number of aliphatic carboxylic acids is 1. The van der Waals surface area contributed by atoms with Gasteiger partial charge in [0.1, 0.15) is 10.9 Å². The highest BCUT2D eigenvalue weighted by Gasteiger charge is 2.35. The quantitative estimate of drug-likeness (QED) is 0.660. The summed E-state index contributed by atoms with van der Waals surface area (Å²) >= 11 is 6.04. The lowest BCUT2D eigenvalue weighted by atomic mass is 10.2. The number of rotatable bonds is 4. The summed E-state index contributed by atoms with van der Waals surface area (Å²) in [6.07, 6.45) is -0.0543. The molecule has 1 heterocycles. The van der Waals surface area contributed by atoms with Crippen molar-refractivity contribution in [2.45, 2.75) is 11.7 Å². The van der Waals surface area contributed by atoms with E-state index in [0.29, 0.717) is 4.32 Å². The Bertz CT molecular complexity index is 358. The number of thioether (sulfide) groups is 1. The summed E-state index contributed by atoms with van der Waals surface area (Å²) in [6, 6.07) is 0. The van der Waals surface area contributed by atoms with E-state index in [0.717, 1.165) is 11.8 Å². The molecule has 0 aromatic rings. The molecule has 0 saturated carbocycles. The van der Waals surface area contributed by atoms with Gasteiger partial charge in [-0.25, -0.2) is 0 Å². The highest BCUT2D eigenvalue weighted by Crippen LogP contribution is 2.27. The molecule has 2 N–H and O–H groups in total. The minimum atomic E-state index is -1.12. The number of carboxylic acid groups (broad SMARTS) is 1. The van der Waals surface area contributed by atoms with Crippen LogP contribution >= 0.6 is 24.0 Å². The number of thiocarbonyl (C=S) groups is 1. The van der Waals surface area contributed by atoms with Crippen LogP contribution in [0.1, 0.15) is 6.42 Å². The van der Waals surface area contributed by atoms with Crippen molar-refractivity contribution in [1.82, 2.24) is 10.2 Å². The second kappa shape index (κ2) is 5.26. The molecule has 1 aliphatic heterocycles. The van der Waals surface area contributed by atoms with Gasteiger partial charge in [-0.1, -0.05) is 24.0 Å². The summed E-state index contributed by atoms with van der Waals surface area (Å²) in [6.45, 7) is -0.440. The molecule has 1 aliphatic rings. The topological polar surface area (TPSA) is 86.7 Å². The number of carbonyl (C=O) groups excluding carboxylic acids is 2. The van der Waals surface area contributed by atoms with E-state index in [-0.39, 0.29) is 12.3 Å². The average molecular weight is 262 g/mol. The first-order valence-electron chi connectivity index (χ1n) is 4.38. The van der Waals surface area contributed by atoms with E-state index in [4.69, 9.17) is 17.3 Å². The molecule has 2 amide bonds. The Labute approximate surface area is 101 Å². The molecule has 0 spiro atoms. The number of amides is 2. The van der Waals surface area contributed by atoms with Crippen LogP contribution in [0.2, 0.25) is 0 Å². The van der Waals surface area contributed by atoms with Gasteiger partial charge < -0.3 is 10.4 Å². The summed E-state index contributed by atoms with van der Waals surface area (Å²) in [5.41, 5.74) is 0. The van der Waals surface area contributed by atoms with Crippen LogP contribution in [0, 0.1) is 0 Å². The Hall–Kier alpha value is -1.15. The number of nitrogens with one attached hydrogen (secondary N) is 1. The fraction of sp³-hybridized carbons (Fsp3) is 0.500. The van der Waals surface area contributed by atoms with E-state index in [1.807, 2.05) is 0 Å². The lowest BCUT2D eigenvalue weighted by Gasteiger charge is -2.07. The van der Waals surface area contributed by atoms with Crippen molar-refractivity contribution in [2.24, 2.45) is 0 Å². The van der Waals surface area contributed by atoms with E-state index in [1.165, 1.54) is 4.90 Å². The monoisotopic (exact) mass is 262 g/mol. The zero-order valence-corrected chi connectivity index (χ0v) is 10.1. The average Bonchev–Trinajstić information content (AvgIpc) is 2.43. The van der Waals surface area contributed by atoms with Crippen molar-refractivity contribution in [2.75, 3.05) is 13.6 Å². The third-order valence-electron chi connectivity index (χ3n) is 1.93. The first kappa shape index (κ1) is 12.9. The van der Waals surface area contributed by atoms with Crippen molar-refractivity contribution < 1.29 is 19.5 Å². The third kappa shape index (κ3) is 3.17. The van der Waals surface area contributed by atoms with E-state index in [9.17, 15) is 14.4 Å². The molecule has 1 unspecified atom stereocenters. The Morgan fingerprint density at radius 3 is 2.69 bits per heavy atom. The standard InChI is InChI=1S/C8H10N2O4S2/c1-10-7(14)4(16-8(10)15)2-5(11)9-3-6(12)13/h4H,2-3H2,1H3,(H,9,11)(H,12,13). The van der Waals surface area contributed by atoms with Gasteiger partial charge in [0.2, 0.25) is 11.8 Å². The smallest absolute Gasteiger partial charge is 0.322 e. The molecule has 0 bridgehead atoms. The van der Waals surface area contributed by atoms with Crippen molar-refractivity contribution in [3.8, 4) is 0 Å². The van der Waals surface area contributed by atoms with E-state index < -0.39 is 23.7 Å².